The molecule has 98 valence electrons. The van der Waals surface area contributed by atoms with Crippen molar-refractivity contribution in [2.45, 2.75) is 30.9 Å². The van der Waals surface area contributed by atoms with Crippen LogP contribution in [0.4, 0.5) is 0 Å². The Morgan fingerprint density at radius 3 is 2.50 bits per heavy atom. The van der Waals surface area contributed by atoms with Gasteiger partial charge in [0.2, 0.25) is 6.04 Å². The van der Waals surface area contributed by atoms with Gasteiger partial charge in [-0.1, -0.05) is 30.3 Å². The summed E-state index contributed by atoms with van der Waals surface area (Å²) in [5.41, 5.74) is 0.836. The topological polar surface area (TPSA) is 52.4 Å². The van der Waals surface area contributed by atoms with E-state index in [2.05, 4.69) is 0 Å². The number of halogens is 1. The molecule has 1 aromatic rings. The molecule has 1 aliphatic heterocycles. The lowest BCUT2D eigenvalue weighted by atomic mass is 9.86. The molecule has 0 unspecified atom stereocenters. The molecule has 1 aliphatic rings. The molecule has 1 fully saturated rings. The van der Waals surface area contributed by atoms with E-state index in [-0.39, 0.29) is 10.8 Å². The van der Waals surface area contributed by atoms with E-state index in [0.29, 0.717) is 6.61 Å². The van der Waals surface area contributed by atoms with Gasteiger partial charge in [0.25, 0.3) is 0 Å². The van der Waals surface area contributed by atoms with Crippen molar-refractivity contribution in [3.05, 3.63) is 46.0 Å². The van der Waals surface area contributed by atoms with Crippen molar-refractivity contribution in [1.29, 1.82) is 0 Å². The van der Waals surface area contributed by atoms with Crippen molar-refractivity contribution < 1.29 is 9.66 Å². The first kappa shape index (κ1) is 13.3. The Balaban J connectivity index is 2.31. The maximum Gasteiger partial charge on any atom is 0.249 e. The molecule has 18 heavy (non-hydrogen) atoms. The molecular weight excluding hydrogens is 254 g/mol. The molecule has 0 spiro atoms. The average molecular weight is 270 g/mol. The molecule has 4 nitrogen and oxygen atoms in total. The number of ether oxygens (including phenoxy) is 1. The van der Waals surface area contributed by atoms with E-state index in [4.69, 9.17) is 16.3 Å². The zero-order chi connectivity index (χ0) is 13.3. The summed E-state index contributed by atoms with van der Waals surface area (Å²) in [5.74, 6) is -0.292. The summed E-state index contributed by atoms with van der Waals surface area (Å²) >= 11 is 6.25. The Kier molecular flexibility index (Phi) is 3.59. The fourth-order valence-electron chi connectivity index (χ4n) is 2.41. The number of nitro groups is 1. The molecule has 1 heterocycles. The number of alkyl halides is 1. The van der Waals surface area contributed by atoms with E-state index in [1.54, 1.807) is 13.8 Å². The summed E-state index contributed by atoms with van der Waals surface area (Å²) in [6.07, 6.45) is -0.510. The van der Waals surface area contributed by atoms with Crippen molar-refractivity contribution >= 4 is 11.6 Å². The van der Waals surface area contributed by atoms with Crippen LogP contribution in [0.1, 0.15) is 25.5 Å². The van der Waals surface area contributed by atoms with Crippen LogP contribution in [0.5, 0.6) is 0 Å². The molecule has 0 N–H and O–H groups in total. The standard InChI is InChI=1S/C13H16ClNO3/c1-13(2,14)10-8-18-12(11(10)15(16)17)9-6-4-3-5-7-9/h3-7,10-12H,8H2,1-2H3/t10-,11+,12-/m1/s1. The summed E-state index contributed by atoms with van der Waals surface area (Å²) < 4.78 is 5.63. The normalized spacial score (nSPS) is 28.3. The lowest BCUT2D eigenvalue weighted by Gasteiger charge is -2.25. The molecule has 0 amide bonds. The third-order valence-corrected chi connectivity index (χ3v) is 3.71. The molecule has 3 atom stereocenters. The van der Waals surface area contributed by atoms with Gasteiger partial charge in [0, 0.05) is 4.92 Å². The molecule has 1 saturated heterocycles. The third kappa shape index (κ3) is 2.49. The summed E-state index contributed by atoms with van der Waals surface area (Å²) in [6, 6.07) is 8.50. The second-order valence-electron chi connectivity index (χ2n) is 5.11. The Bertz CT molecular complexity index is 430. The van der Waals surface area contributed by atoms with Gasteiger partial charge in [0.1, 0.15) is 0 Å². The maximum absolute atomic E-state index is 11.3. The van der Waals surface area contributed by atoms with Crippen molar-refractivity contribution in [2.24, 2.45) is 5.92 Å². The van der Waals surface area contributed by atoms with Gasteiger partial charge in [-0.15, -0.1) is 11.6 Å². The zero-order valence-electron chi connectivity index (χ0n) is 10.4. The predicted octanol–water partition coefficient (Wildman–Crippen LogP) is 3.04. The Labute approximate surface area is 111 Å². The highest BCUT2D eigenvalue weighted by molar-refractivity contribution is 6.23. The fourth-order valence-corrected chi connectivity index (χ4v) is 2.61. The number of benzene rings is 1. The summed E-state index contributed by atoms with van der Waals surface area (Å²) in [5, 5.41) is 11.3. The van der Waals surface area contributed by atoms with Crippen LogP contribution in [0.15, 0.2) is 30.3 Å². The van der Waals surface area contributed by atoms with E-state index in [0.717, 1.165) is 5.56 Å². The fraction of sp³-hybridized carbons (Fsp3) is 0.538. The Morgan fingerprint density at radius 2 is 2.00 bits per heavy atom. The Morgan fingerprint density at radius 1 is 1.39 bits per heavy atom. The van der Waals surface area contributed by atoms with Crippen LogP contribution in [-0.2, 0) is 4.74 Å². The van der Waals surface area contributed by atoms with Crippen molar-refractivity contribution in [1.82, 2.24) is 0 Å². The molecule has 2 rings (SSSR count). The summed E-state index contributed by atoms with van der Waals surface area (Å²) in [4.78, 5) is 10.4. The van der Waals surface area contributed by atoms with E-state index in [1.807, 2.05) is 30.3 Å². The van der Waals surface area contributed by atoms with E-state index >= 15 is 0 Å². The van der Waals surface area contributed by atoms with E-state index in [9.17, 15) is 10.1 Å². The number of rotatable bonds is 3. The molecule has 0 bridgehead atoms. The van der Waals surface area contributed by atoms with E-state index < -0.39 is 17.0 Å². The second-order valence-corrected chi connectivity index (χ2v) is 6.09. The van der Waals surface area contributed by atoms with Crippen LogP contribution < -0.4 is 0 Å². The zero-order valence-corrected chi connectivity index (χ0v) is 11.1. The van der Waals surface area contributed by atoms with E-state index in [1.165, 1.54) is 0 Å². The van der Waals surface area contributed by atoms with Gasteiger partial charge in [-0.25, -0.2) is 0 Å². The second kappa shape index (κ2) is 4.86. The lowest BCUT2D eigenvalue weighted by Crippen LogP contribution is -2.39. The minimum atomic E-state index is -0.792. The van der Waals surface area contributed by atoms with Gasteiger partial charge in [0.05, 0.1) is 17.4 Å². The molecule has 5 heteroatoms. The minimum absolute atomic E-state index is 0.264. The molecule has 0 saturated carbocycles. The van der Waals surface area contributed by atoms with Crippen molar-refractivity contribution in [3.63, 3.8) is 0 Å². The quantitative estimate of drug-likeness (QED) is 0.481. The first-order valence-electron chi connectivity index (χ1n) is 5.90. The van der Waals surface area contributed by atoms with Gasteiger partial charge in [-0.2, -0.15) is 0 Å². The summed E-state index contributed by atoms with van der Waals surface area (Å²) in [6.45, 7) is 3.92. The van der Waals surface area contributed by atoms with Gasteiger partial charge in [-0.3, -0.25) is 10.1 Å². The predicted molar refractivity (Wildman–Crippen MR) is 69.3 cm³/mol. The largest absolute Gasteiger partial charge is 0.366 e. The summed E-state index contributed by atoms with van der Waals surface area (Å²) in [7, 11) is 0. The van der Waals surface area contributed by atoms with Crippen molar-refractivity contribution in [2.75, 3.05) is 6.61 Å². The number of nitrogens with zero attached hydrogens (tertiary/aromatic N) is 1. The molecule has 0 radical (unpaired) electrons. The van der Waals surface area contributed by atoms with Crippen LogP contribution in [0.2, 0.25) is 0 Å². The van der Waals surface area contributed by atoms with Crippen LogP contribution in [0.3, 0.4) is 0 Å². The highest BCUT2D eigenvalue weighted by Crippen LogP contribution is 2.42. The first-order valence-corrected chi connectivity index (χ1v) is 6.28. The number of hydrogen-bond donors (Lipinski definition) is 0. The first-order chi connectivity index (χ1) is 8.41. The molecule has 1 aromatic carbocycles. The lowest BCUT2D eigenvalue weighted by molar-refractivity contribution is -0.536. The monoisotopic (exact) mass is 269 g/mol. The maximum atomic E-state index is 11.3. The SMILES string of the molecule is CC(C)(Cl)[C@@H]1CO[C@H](c2ccccc2)[C@H]1[N+](=O)[O-]. The van der Waals surface area contributed by atoms with Crippen LogP contribution in [0, 0.1) is 16.0 Å². The third-order valence-electron chi connectivity index (χ3n) is 3.43. The highest BCUT2D eigenvalue weighted by Gasteiger charge is 2.52. The average Bonchev–Trinajstić information content (AvgIpc) is 2.74. The van der Waals surface area contributed by atoms with Gasteiger partial charge in [-0.05, 0) is 19.4 Å². The van der Waals surface area contributed by atoms with Crippen LogP contribution >= 0.6 is 11.6 Å². The van der Waals surface area contributed by atoms with Crippen LogP contribution in [0.25, 0.3) is 0 Å². The molecule has 0 aromatic heterocycles. The van der Waals surface area contributed by atoms with Gasteiger partial charge in [0.15, 0.2) is 6.10 Å². The highest BCUT2D eigenvalue weighted by atomic mass is 35.5. The smallest absolute Gasteiger partial charge is 0.249 e. The molecular formula is C13H16ClNO3. The van der Waals surface area contributed by atoms with Gasteiger partial charge >= 0.3 is 0 Å². The minimum Gasteiger partial charge on any atom is -0.366 e. The Hall–Kier alpha value is -1.13. The van der Waals surface area contributed by atoms with Gasteiger partial charge < -0.3 is 4.74 Å². The van der Waals surface area contributed by atoms with Crippen molar-refractivity contribution in [3.8, 4) is 0 Å². The number of hydrogen-bond acceptors (Lipinski definition) is 3. The molecule has 0 aliphatic carbocycles. The van der Waals surface area contributed by atoms with Crippen LogP contribution in [-0.4, -0.2) is 22.4 Å².